The quantitative estimate of drug-likeness (QED) is 0.937. The van der Waals surface area contributed by atoms with Gasteiger partial charge in [-0.2, -0.15) is 0 Å². The summed E-state index contributed by atoms with van der Waals surface area (Å²) in [6.07, 6.45) is 1.27. The maximum absolute atomic E-state index is 12.8. The molecule has 1 unspecified atom stereocenters. The van der Waals surface area contributed by atoms with E-state index in [2.05, 4.69) is 0 Å². The Morgan fingerprint density at radius 2 is 2.00 bits per heavy atom. The molecule has 0 spiro atoms. The number of nitrogens with two attached hydrogens (primary N) is 1. The van der Waals surface area contributed by atoms with Crippen molar-refractivity contribution in [2.24, 2.45) is 5.73 Å². The fourth-order valence-corrected chi connectivity index (χ4v) is 3.40. The maximum atomic E-state index is 12.8. The number of nitrogens with zero attached hydrogens (tertiary/aromatic N) is 1. The Kier molecular flexibility index (Phi) is 4.18. The highest BCUT2D eigenvalue weighted by molar-refractivity contribution is 5.95. The number of amides is 2. The molecule has 5 nitrogen and oxygen atoms in total. The number of carbonyl (C=O) groups is 2. The molecule has 1 atom stereocenters. The molecule has 1 aromatic heterocycles. The minimum absolute atomic E-state index is 0.175. The Morgan fingerprint density at radius 3 is 2.58 bits per heavy atom. The zero-order chi connectivity index (χ0) is 17.3. The average Bonchev–Trinajstić information content (AvgIpc) is 3.20. The number of hydrogen-bond acceptors (Lipinski definition) is 3. The molecule has 1 saturated heterocycles. The van der Waals surface area contributed by atoms with Gasteiger partial charge in [0.15, 0.2) is 5.76 Å². The maximum Gasteiger partial charge on any atom is 0.289 e. The van der Waals surface area contributed by atoms with Crippen molar-refractivity contribution in [2.45, 2.75) is 32.1 Å². The summed E-state index contributed by atoms with van der Waals surface area (Å²) in [6.45, 7) is 4.62. The molecule has 0 saturated carbocycles. The van der Waals surface area contributed by atoms with Crippen LogP contribution >= 0.6 is 0 Å². The van der Waals surface area contributed by atoms with Crippen LogP contribution in [0.3, 0.4) is 0 Å². The predicted octanol–water partition coefficient (Wildman–Crippen LogP) is 2.42. The normalized spacial score (nSPS) is 20.3. The second-order valence-corrected chi connectivity index (χ2v) is 6.37. The summed E-state index contributed by atoms with van der Waals surface area (Å²) in [6, 6.07) is 11.3. The highest BCUT2D eigenvalue weighted by atomic mass is 16.4. The summed E-state index contributed by atoms with van der Waals surface area (Å²) < 4.78 is 5.66. The van der Waals surface area contributed by atoms with Crippen molar-refractivity contribution >= 4 is 11.8 Å². The Balaban J connectivity index is 1.89. The van der Waals surface area contributed by atoms with Crippen LogP contribution in [0, 0.1) is 6.92 Å². The summed E-state index contributed by atoms with van der Waals surface area (Å²) in [5.41, 5.74) is 6.58. The molecule has 24 heavy (non-hydrogen) atoms. The molecule has 2 amide bonds. The number of carbonyl (C=O) groups excluding carboxylic acids is 2. The van der Waals surface area contributed by atoms with Gasteiger partial charge in [-0.25, -0.2) is 0 Å². The van der Waals surface area contributed by atoms with Crippen LogP contribution in [0.5, 0.6) is 0 Å². The molecule has 2 aromatic rings. The van der Waals surface area contributed by atoms with E-state index in [1.165, 1.54) is 0 Å². The monoisotopic (exact) mass is 326 g/mol. The van der Waals surface area contributed by atoms with Gasteiger partial charge in [0.25, 0.3) is 5.91 Å². The number of hydrogen-bond donors (Lipinski definition) is 1. The van der Waals surface area contributed by atoms with Gasteiger partial charge in [0.05, 0.1) is 5.41 Å². The largest absolute Gasteiger partial charge is 0.456 e. The molecule has 1 aliphatic heterocycles. The number of aryl methyl sites for hydroxylation is 2. The standard InChI is InChI=1S/C19H22N2O3/c1-3-15-11-13(2)16(24-15)17(22)21-10-9-19(12-21,18(20)23)14-7-5-4-6-8-14/h4-8,11H,3,9-10,12H2,1-2H3,(H2,20,23). The molecule has 126 valence electrons. The van der Waals surface area contributed by atoms with E-state index in [9.17, 15) is 9.59 Å². The summed E-state index contributed by atoms with van der Waals surface area (Å²) in [4.78, 5) is 26.7. The van der Waals surface area contributed by atoms with Crippen molar-refractivity contribution in [3.63, 3.8) is 0 Å². The van der Waals surface area contributed by atoms with Crippen molar-refractivity contribution in [1.29, 1.82) is 0 Å². The van der Waals surface area contributed by atoms with Crippen LogP contribution in [0.2, 0.25) is 0 Å². The van der Waals surface area contributed by atoms with Gasteiger partial charge in [0.1, 0.15) is 5.76 Å². The topological polar surface area (TPSA) is 76.5 Å². The van der Waals surface area contributed by atoms with E-state index in [0.717, 1.165) is 23.3 Å². The van der Waals surface area contributed by atoms with Gasteiger partial charge in [-0.3, -0.25) is 9.59 Å². The zero-order valence-electron chi connectivity index (χ0n) is 14.0. The highest BCUT2D eigenvalue weighted by Crippen LogP contribution is 2.35. The van der Waals surface area contributed by atoms with E-state index < -0.39 is 11.3 Å². The number of furan rings is 1. The van der Waals surface area contributed by atoms with Crippen LogP contribution in [0.4, 0.5) is 0 Å². The molecule has 0 radical (unpaired) electrons. The van der Waals surface area contributed by atoms with Crippen LogP contribution < -0.4 is 5.73 Å². The Labute approximate surface area is 141 Å². The smallest absolute Gasteiger partial charge is 0.289 e. The third-order valence-electron chi connectivity index (χ3n) is 4.87. The van der Waals surface area contributed by atoms with Crippen LogP contribution in [0.25, 0.3) is 0 Å². The Hall–Kier alpha value is -2.56. The molecule has 1 aromatic carbocycles. The van der Waals surface area contributed by atoms with E-state index >= 15 is 0 Å². The fraction of sp³-hybridized carbons (Fsp3) is 0.368. The van der Waals surface area contributed by atoms with Gasteiger partial charge in [0.2, 0.25) is 5.91 Å². The number of primary amides is 1. The van der Waals surface area contributed by atoms with Gasteiger partial charge in [0, 0.05) is 25.1 Å². The van der Waals surface area contributed by atoms with Crippen LogP contribution in [-0.4, -0.2) is 29.8 Å². The number of benzene rings is 1. The van der Waals surface area contributed by atoms with E-state index in [1.807, 2.05) is 50.2 Å². The molecular formula is C19H22N2O3. The molecular weight excluding hydrogens is 304 g/mol. The second-order valence-electron chi connectivity index (χ2n) is 6.37. The third-order valence-corrected chi connectivity index (χ3v) is 4.87. The lowest BCUT2D eigenvalue weighted by Gasteiger charge is -2.26. The molecule has 5 heteroatoms. The summed E-state index contributed by atoms with van der Waals surface area (Å²) in [7, 11) is 0. The second kappa shape index (κ2) is 6.15. The van der Waals surface area contributed by atoms with Crippen LogP contribution in [0.15, 0.2) is 40.8 Å². The van der Waals surface area contributed by atoms with Crippen molar-refractivity contribution in [1.82, 2.24) is 4.90 Å². The lowest BCUT2D eigenvalue weighted by atomic mass is 9.79. The summed E-state index contributed by atoms with van der Waals surface area (Å²) in [5.74, 6) is 0.583. The van der Waals surface area contributed by atoms with Crippen molar-refractivity contribution in [2.75, 3.05) is 13.1 Å². The summed E-state index contributed by atoms with van der Waals surface area (Å²) >= 11 is 0. The van der Waals surface area contributed by atoms with Crippen molar-refractivity contribution in [3.05, 3.63) is 59.0 Å². The van der Waals surface area contributed by atoms with Crippen molar-refractivity contribution in [3.8, 4) is 0 Å². The number of rotatable bonds is 4. The van der Waals surface area contributed by atoms with Crippen LogP contribution in [-0.2, 0) is 16.6 Å². The molecule has 3 rings (SSSR count). The molecule has 0 bridgehead atoms. The Bertz CT molecular complexity index is 766. The van der Waals surface area contributed by atoms with Crippen molar-refractivity contribution < 1.29 is 14.0 Å². The SMILES string of the molecule is CCc1cc(C)c(C(=O)N2CCC(C(N)=O)(c3ccccc3)C2)o1. The molecule has 1 fully saturated rings. The van der Waals surface area contributed by atoms with E-state index in [0.29, 0.717) is 18.7 Å². The van der Waals surface area contributed by atoms with Gasteiger partial charge in [-0.15, -0.1) is 0 Å². The Morgan fingerprint density at radius 1 is 1.29 bits per heavy atom. The lowest BCUT2D eigenvalue weighted by molar-refractivity contribution is -0.123. The first kappa shape index (κ1) is 16.3. The first-order chi connectivity index (χ1) is 11.5. The average molecular weight is 326 g/mol. The van der Waals surface area contributed by atoms with E-state index in [4.69, 9.17) is 10.2 Å². The first-order valence-corrected chi connectivity index (χ1v) is 8.22. The van der Waals surface area contributed by atoms with Crippen LogP contribution in [0.1, 0.15) is 40.8 Å². The third kappa shape index (κ3) is 2.60. The fourth-order valence-electron chi connectivity index (χ4n) is 3.40. The lowest BCUT2D eigenvalue weighted by Crippen LogP contribution is -2.44. The number of likely N-dealkylation sites (tertiary alicyclic amines) is 1. The minimum atomic E-state index is -0.828. The molecule has 2 N–H and O–H groups in total. The molecule has 1 aliphatic rings. The van der Waals surface area contributed by atoms with Gasteiger partial charge in [-0.05, 0) is 25.0 Å². The van der Waals surface area contributed by atoms with Gasteiger partial charge < -0.3 is 15.1 Å². The zero-order valence-corrected chi connectivity index (χ0v) is 14.0. The van der Waals surface area contributed by atoms with E-state index in [-0.39, 0.29) is 12.5 Å². The summed E-state index contributed by atoms with van der Waals surface area (Å²) in [5, 5.41) is 0. The van der Waals surface area contributed by atoms with E-state index in [1.54, 1.807) is 4.90 Å². The first-order valence-electron chi connectivity index (χ1n) is 8.22. The van der Waals surface area contributed by atoms with Gasteiger partial charge in [-0.1, -0.05) is 37.3 Å². The molecule has 2 heterocycles. The van der Waals surface area contributed by atoms with Gasteiger partial charge >= 0.3 is 0 Å². The predicted molar refractivity (Wildman–Crippen MR) is 90.7 cm³/mol. The highest BCUT2D eigenvalue weighted by Gasteiger charge is 2.46. The molecule has 0 aliphatic carbocycles. The minimum Gasteiger partial charge on any atom is -0.456 e.